The zero-order valence-electron chi connectivity index (χ0n) is 3.91. The fourth-order valence-corrected chi connectivity index (χ4v) is 0.250. The highest BCUT2D eigenvalue weighted by Crippen LogP contribution is 1.47. The normalized spacial score (nSPS) is 8.40. The van der Waals surface area contributed by atoms with E-state index in [4.69, 9.17) is 0 Å². The molecule has 0 radical (unpaired) electrons. The van der Waals surface area contributed by atoms with E-state index in [0.29, 0.717) is 0 Å². The van der Waals surface area contributed by atoms with Crippen LogP contribution in [-0.2, 0) is 0 Å². The fourth-order valence-electron chi connectivity index (χ4n) is 0.250. The van der Waals surface area contributed by atoms with Crippen LogP contribution in [-0.4, -0.2) is 13.1 Å². The van der Waals surface area contributed by atoms with Crippen LogP contribution < -0.4 is 5.32 Å². The molecule has 0 amide bonds. The first-order valence-corrected chi connectivity index (χ1v) is 2.12. The van der Waals surface area contributed by atoms with Crippen molar-refractivity contribution in [2.24, 2.45) is 0 Å². The molecule has 32 valence electrons. The minimum atomic E-state index is 1.09. The smallest absolute Gasteiger partial charge is 0.00775 e. The highest BCUT2D eigenvalue weighted by molar-refractivity contribution is 4.27. The zero-order chi connectivity index (χ0) is 4.12. The van der Waals surface area contributed by atoms with Crippen LogP contribution >= 0.6 is 0 Å². The van der Waals surface area contributed by atoms with Gasteiger partial charge in [-0.1, -0.05) is 13.8 Å². The van der Waals surface area contributed by atoms with E-state index in [1.807, 2.05) is 0 Å². The molecule has 0 saturated heterocycles. The summed E-state index contributed by atoms with van der Waals surface area (Å²) in [7, 11) is 0. The average molecular weight is 73.1 g/mol. The van der Waals surface area contributed by atoms with E-state index in [2.05, 4.69) is 19.2 Å². The molecule has 0 spiro atoms. The third-order valence-corrected chi connectivity index (χ3v) is 0.500. The minimum absolute atomic E-state index is 1.09. The molecular weight excluding hydrogens is 62.0 g/mol. The lowest BCUT2D eigenvalue weighted by Gasteiger charge is -1.86. The molecule has 0 saturated carbocycles. The van der Waals surface area contributed by atoms with E-state index < -0.39 is 0 Å². The Bertz CT molecular complexity index is 11.1. The number of hydrogen-bond acceptors (Lipinski definition) is 1. The third-order valence-electron chi connectivity index (χ3n) is 0.500. The summed E-state index contributed by atoms with van der Waals surface area (Å²) in [5.74, 6) is 0. The fraction of sp³-hybridized carbons (Fsp3) is 1.00. The maximum Gasteiger partial charge on any atom is -0.00775 e. The first kappa shape index (κ1) is 4.96. The largest absolute Gasteiger partial charge is 0.317 e. The summed E-state index contributed by atoms with van der Waals surface area (Å²) < 4.78 is 0. The third kappa shape index (κ3) is 3.96. The Labute approximate surface area is 33.4 Å². The van der Waals surface area contributed by atoms with E-state index in [0.717, 1.165) is 13.1 Å². The summed E-state index contributed by atoms with van der Waals surface area (Å²) in [4.78, 5) is 0. The van der Waals surface area contributed by atoms with Crippen molar-refractivity contribution in [1.29, 1.82) is 0 Å². The Morgan fingerprint density at radius 2 is 1.60 bits per heavy atom. The molecule has 0 aromatic heterocycles. The van der Waals surface area contributed by atoms with Gasteiger partial charge in [-0.25, -0.2) is 0 Å². The van der Waals surface area contributed by atoms with Gasteiger partial charge in [0.1, 0.15) is 0 Å². The molecule has 1 heteroatoms. The Kier molecular flexibility index (Phi) is 3.93. The Morgan fingerprint density at radius 1 is 1.20 bits per heavy atom. The second-order valence-electron chi connectivity index (χ2n) is 0.957. The van der Waals surface area contributed by atoms with Gasteiger partial charge in [0.2, 0.25) is 0 Å². The highest BCUT2D eigenvalue weighted by Gasteiger charge is 1.62. The van der Waals surface area contributed by atoms with E-state index in [1.165, 1.54) is 0 Å². The maximum atomic E-state index is 3.11. The lowest BCUT2D eigenvalue weighted by Crippen LogP contribution is -2.09. The van der Waals surface area contributed by atoms with Crippen LogP contribution in [0, 0.1) is 0 Å². The first-order chi connectivity index (χ1) is 2.41. The van der Waals surface area contributed by atoms with Crippen molar-refractivity contribution >= 4 is 0 Å². The average Bonchev–Trinajstić information content (AvgIpc) is 1.41. The van der Waals surface area contributed by atoms with Crippen molar-refractivity contribution < 1.29 is 0 Å². The monoisotopic (exact) mass is 73.1 g/mol. The maximum absolute atomic E-state index is 3.11. The topological polar surface area (TPSA) is 12.0 Å². The van der Waals surface area contributed by atoms with E-state index in [-0.39, 0.29) is 0 Å². The summed E-state index contributed by atoms with van der Waals surface area (Å²) in [5, 5.41) is 3.11. The Balaban J connectivity index is 2.19. The molecule has 0 fully saturated rings. The van der Waals surface area contributed by atoms with Gasteiger partial charge in [0.25, 0.3) is 0 Å². The molecule has 1 nitrogen and oxygen atoms in total. The molecule has 0 aliphatic carbocycles. The summed E-state index contributed by atoms with van der Waals surface area (Å²) >= 11 is 0. The zero-order valence-corrected chi connectivity index (χ0v) is 3.91. The lowest BCUT2D eigenvalue weighted by molar-refractivity contribution is 0.762. The molecule has 0 heterocycles. The van der Waals surface area contributed by atoms with Crippen molar-refractivity contribution in [2.75, 3.05) is 13.1 Å². The Hall–Kier alpha value is -0.0400. The quantitative estimate of drug-likeness (QED) is 0.505. The van der Waals surface area contributed by atoms with Gasteiger partial charge in [-0.3, -0.25) is 0 Å². The van der Waals surface area contributed by atoms with Gasteiger partial charge in [-0.05, 0) is 13.1 Å². The summed E-state index contributed by atoms with van der Waals surface area (Å²) in [6.45, 7) is 6.39. The van der Waals surface area contributed by atoms with Crippen LogP contribution in [0.2, 0.25) is 0 Å². The van der Waals surface area contributed by atoms with Crippen LogP contribution in [0.3, 0.4) is 0 Å². The molecule has 0 aromatic rings. The van der Waals surface area contributed by atoms with Crippen molar-refractivity contribution in [2.45, 2.75) is 13.8 Å². The van der Waals surface area contributed by atoms with Gasteiger partial charge in [0.05, 0.1) is 0 Å². The van der Waals surface area contributed by atoms with Crippen molar-refractivity contribution in [1.82, 2.24) is 5.32 Å². The minimum Gasteiger partial charge on any atom is -0.317 e. The van der Waals surface area contributed by atoms with Crippen molar-refractivity contribution in [3.8, 4) is 0 Å². The van der Waals surface area contributed by atoms with E-state index in [9.17, 15) is 0 Å². The van der Waals surface area contributed by atoms with E-state index in [1.54, 1.807) is 0 Å². The van der Waals surface area contributed by atoms with Crippen LogP contribution in [0.25, 0.3) is 0 Å². The van der Waals surface area contributed by atoms with Crippen molar-refractivity contribution in [3.05, 3.63) is 0 Å². The second kappa shape index (κ2) is 3.96. The molecule has 0 unspecified atom stereocenters. The van der Waals surface area contributed by atoms with Gasteiger partial charge in [-0.15, -0.1) is 0 Å². The summed E-state index contributed by atoms with van der Waals surface area (Å²) in [6, 6.07) is 0. The van der Waals surface area contributed by atoms with Crippen molar-refractivity contribution in [3.63, 3.8) is 0 Å². The highest BCUT2D eigenvalue weighted by atomic mass is 14.8. The molecule has 0 bridgehead atoms. The molecule has 0 rings (SSSR count). The van der Waals surface area contributed by atoms with Gasteiger partial charge in [0.15, 0.2) is 0 Å². The van der Waals surface area contributed by atoms with Crippen LogP contribution in [0.4, 0.5) is 0 Å². The Morgan fingerprint density at radius 3 is 1.60 bits per heavy atom. The van der Waals surface area contributed by atoms with Gasteiger partial charge >= 0.3 is 0 Å². The molecule has 1 N–H and O–H groups in total. The molecule has 5 heavy (non-hydrogen) atoms. The second-order valence-corrected chi connectivity index (χ2v) is 0.957. The van der Waals surface area contributed by atoms with Gasteiger partial charge in [0, 0.05) is 0 Å². The molecule has 0 atom stereocenters. The van der Waals surface area contributed by atoms with Crippen LogP contribution in [0.5, 0.6) is 0 Å². The SMILES string of the molecule is CCN[12CH2]C. The predicted molar refractivity (Wildman–Crippen MR) is 24.2 cm³/mol. The molecule has 0 aromatic carbocycles. The summed E-state index contributed by atoms with van der Waals surface area (Å²) in [6.07, 6.45) is 0. The standard InChI is InChI=1S/C4H11N/c1-3-5-4-2/h5H,3-4H2,1-2H3/i3+0. The van der Waals surface area contributed by atoms with Gasteiger partial charge < -0.3 is 5.32 Å². The number of rotatable bonds is 2. The summed E-state index contributed by atoms with van der Waals surface area (Å²) in [5.41, 5.74) is 0. The number of nitrogens with one attached hydrogen (secondary N) is 1. The van der Waals surface area contributed by atoms with Gasteiger partial charge in [-0.2, -0.15) is 0 Å². The predicted octanol–water partition coefficient (Wildman–Crippen LogP) is 0.616. The number of hydrogen-bond donors (Lipinski definition) is 1. The lowest BCUT2D eigenvalue weighted by atomic mass is 10.7. The van der Waals surface area contributed by atoms with E-state index >= 15 is 0 Å². The molecule has 0 aliphatic rings. The molecular formula is C4H11N. The molecule has 0 aliphatic heterocycles. The first-order valence-electron chi connectivity index (χ1n) is 2.12. The van der Waals surface area contributed by atoms with Crippen LogP contribution in [0.15, 0.2) is 0 Å². The van der Waals surface area contributed by atoms with Crippen LogP contribution in [0.1, 0.15) is 13.8 Å².